The second-order valence-electron chi connectivity index (χ2n) is 8.11. The van der Waals surface area contributed by atoms with Gasteiger partial charge >= 0.3 is 0 Å². The Bertz CT molecular complexity index is 1970. The average molecular weight is 565 g/mol. The van der Waals surface area contributed by atoms with Gasteiger partial charge in [0.1, 0.15) is 34.3 Å². The topological polar surface area (TPSA) is 130 Å². The van der Waals surface area contributed by atoms with Gasteiger partial charge in [-0.2, -0.15) is 21.0 Å². The zero-order valence-corrected chi connectivity index (χ0v) is 22.9. The number of aliphatic imine (C=N–C) groups is 2. The van der Waals surface area contributed by atoms with Crippen LogP contribution >= 0.6 is 45.3 Å². The van der Waals surface area contributed by atoms with Crippen molar-refractivity contribution < 1.29 is 0 Å². The Morgan fingerprint density at radius 3 is 1.37 bits per heavy atom. The van der Waals surface area contributed by atoms with Crippen molar-refractivity contribution in [3.05, 3.63) is 36.4 Å². The molecule has 0 N–H and O–H groups in total. The SMILES string of the molecule is Cn1c2cc(-c3ccc(N=C(C#N)C#N)s3)sc2c2c1c1sc(-c3ccc(N=C(C#N)C#N)s3)cc1n2C. The molecule has 0 amide bonds. The van der Waals surface area contributed by atoms with Crippen LogP contribution < -0.4 is 0 Å². The first-order valence-electron chi connectivity index (χ1n) is 10.9. The van der Waals surface area contributed by atoms with Crippen molar-refractivity contribution in [1.82, 2.24) is 9.13 Å². The summed E-state index contributed by atoms with van der Waals surface area (Å²) in [4.78, 5) is 12.5. The molecule has 0 radical (unpaired) electrons. The molecule has 0 spiro atoms. The lowest BCUT2D eigenvalue weighted by Crippen LogP contribution is -1.84. The molecule has 0 aliphatic carbocycles. The second-order valence-corrected chi connectivity index (χ2v) is 12.3. The lowest BCUT2D eigenvalue weighted by molar-refractivity contribution is 1.01. The third-order valence-electron chi connectivity index (χ3n) is 6.01. The molecular weight excluding hydrogens is 553 g/mol. The third-order valence-corrected chi connectivity index (χ3v) is 10.6. The van der Waals surface area contributed by atoms with Gasteiger partial charge in [0.15, 0.2) is 0 Å². The molecule has 6 rings (SSSR count). The summed E-state index contributed by atoms with van der Waals surface area (Å²) in [5, 5.41) is 37.2. The average Bonchev–Trinajstić information content (AvgIpc) is 3.74. The van der Waals surface area contributed by atoms with Gasteiger partial charge in [-0.1, -0.05) is 0 Å². The highest BCUT2D eigenvalue weighted by atomic mass is 32.1. The van der Waals surface area contributed by atoms with E-state index in [9.17, 15) is 0 Å². The minimum Gasteiger partial charge on any atom is -0.340 e. The number of aryl methyl sites for hydroxylation is 2. The maximum absolute atomic E-state index is 8.98. The number of rotatable bonds is 4. The lowest BCUT2D eigenvalue weighted by atomic mass is 10.3. The summed E-state index contributed by atoms with van der Waals surface area (Å²) in [6.07, 6.45) is 0. The van der Waals surface area contributed by atoms with Crippen LogP contribution in [0.1, 0.15) is 0 Å². The van der Waals surface area contributed by atoms with E-state index in [-0.39, 0.29) is 11.4 Å². The van der Waals surface area contributed by atoms with Gasteiger partial charge in [-0.25, -0.2) is 9.98 Å². The fourth-order valence-corrected chi connectivity index (χ4v) is 8.80. The smallest absolute Gasteiger partial charge is 0.219 e. The number of aromatic nitrogens is 2. The Morgan fingerprint density at radius 2 is 1.00 bits per heavy atom. The van der Waals surface area contributed by atoms with Crippen LogP contribution in [-0.4, -0.2) is 20.6 Å². The number of hydrogen-bond donors (Lipinski definition) is 0. The highest BCUT2D eigenvalue weighted by Gasteiger charge is 2.23. The number of fused-ring (bicyclic) bond motifs is 5. The molecule has 0 unspecified atom stereocenters. The predicted octanol–water partition coefficient (Wildman–Crippen LogP) is 7.64. The molecule has 0 fully saturated rings. The molecule has 0 aliphatic rings. The van der Waals surface area contributed by atoms with Crippen LogP contribution in [0.5, 0.6) is 0 Å². The van der Waals surface area contributed by atoms with Gasteiger partial charge < -0.3 is 9.13 Å². The Labute approximate surface area is 231 Å². The molecule has 180 valence electrons. The van der Waals surface area contributed by atoms with Gasteiger partial charge in [0, 0.05) is 33.6 Å². The molecule has 0 aromatic carbocycles. The monoisotopic (exact) mass is 564 g/mol. The summed E-state index contributed by atoms with van der Waals surface area (Å²) in [5.74, 6) is 0. The van der Waals surface area contributed by atoms with E-state index in [1.807, 2.05) is 24.3 Å². The van der Waals surface area contributed by atoms with Gasteiger partial charge in [0.25, 0.3) is 0 Å². The number of thiophene rings is 4. The molecule has 0 saturated heterocycles. The van der Waals surface area contributed by atoms with Gasteiger partial charge in [-0.3, -0.25) is 0 Å². The largest absolute Gasteiger partial charge is 0.340 e. The van der Waals surface area contributed by atoms with Gasteiger partial charge in [-0.05, 0) is 36.4 Å². The molecule has 0 aliphatic heterocycles. The molecule has 6 aromatic rings. The van der Waals surface area contributed by atoms with Crippen LogP contribution in [0.25, 0.3) is 51.0 Å². The van der Waals surface area contributed by atoms with Crippen molar-refractivity contribution in [2.75, 3.05) is 0 Å². The van der Waals surface area contributed by atoms with Crippen LogP contribution in [0.2, 0.25) is 0 Å². The van der Waals surface area contributed by atoms with Crippen LogP contribution in [0.4, 0.5) is 10.0 Å². The zero-order chi connectivity index (χ0) is 26.6. The maximum atomic E-state index is 8.98. The Balaban J connectivity index is 1.43. The van der Waals surface area contributed by atoms with Crippen molar-refractivity contribution >= 4 is 98.2 Å². The first-order valence-corrected chi connectivity index (χ1v) is 14.2. The van der Waals surface area contributed by atoms with Crippen molar-refractivity contribution in [2.24, 2.45) is 24.1 Å². The van der Waals surface area contributed by atoms with Gasteiger partial charge in [0.05, 0.1) is 31.5 Å². The zero-order valence-electron chi connectivity index (χ0n) is 19.7. The van der Waals surface area contributed by atoms with Gasteiger partial charge in [0.2, 0.25) is 11.4 Å². The minimum absolute atomic E-state index is 0.153. The van der Waals surface area contributed by atoms with E-state index in [0.717, 1.165) is 30.5 Å². The fourth-order valence-electron chi connectivity index (χ4n) is 4.33. The van der Waals surface area contributed by atoms with E-state index in [1.165, 1.54) is 43.1 Å². The quantitative estimate of drug-likeness (QED) is 0.204. The summed E-state index contributed by atoms with van der Waals surface area (Å²) in [7, 11) is 4.17. The van der Waals surface area contributed by atoms with Crippen molar-refractivity contribution in [2.45, 2.75) is 0 Å². The van der Waals surface area contributed by atoms with E-state index in [2.05, 4.69) is 45.3 Å². The summed E-state index contributed by atoms with van der Waals surface area (Å²) >= 11 is 6.35. The summed E-state index contributed by atoms with van der Waals surface area (Å²) < 4.78 is 6.87. The molecule has 6 heterocycles. The normalized spacial score (nSPS) is 10.8. The number of nitriles is 4. The molecule has 0 saturated carbocycles. The molecule has 0 bridgehead atoms. The van der Waals surface area contributed by atoms with E-state index >= 15 is 0 Å². The van der Waals surface area contributed by atoms with Crippen LogP contribution in [0.3, 0.4) is 0 Å². The Kier molecular flexibility index (Phi) is 5.69. The first-order chi connectivity index (χ1) is 18.4. The van der Waals surface area contributed by atoms with E-state index in [4.69, 9.17) is 21.0 Å². The predicted molar refractivity (Wildman–Crippen MR) is 156 cm³/mol. The molecule has 6 aromatic heterocycles. The second kappa shape index (κ2) is 9.08. The standard InChI is InChI=1S/C26H12N8S4/c1-33-15-7-19(17-3-5-21(35-17)31-13(9-27)10-28)37-25(15)24-23(33)26-16(34(24)2)8-20(38-26)18-4-6-22(36-18)32-14(11-29)12-30/h3-8H,1-2H3. The summed E-state index contributed by atoms with van der Waals surface area (Å²) in [6, 6.07) is 19.2. The Morgan fingerprint density at radius 1 is 0.605 bits per heavy atom. The number of nitrogens with zero attached hydrogens (tertiary/aromatic N) is 8. The lowest BCUT2D eigenvalue weighted by Gasteiger charge is -1.96. The van der Waals surface area contributed by atoms with Crippen LogP contribution in [-0.2, 0) is 14.1 Å². The minimum atomic E-state index is -0.153. The van der Waals surface area contributed by atoms with Crippen molar-refractivity contribution in [3.63, 3.8) is 0 Å². The Hall–Kier alpha value is -4.56. The van der Waals surface area contributed by atoms with E-state index in [0.29, 0.717) is 10.0 Å². The fraction of sp³-hybridized carbons (Fsp3) is 0.0769. The molecule has 12 heteroatoms. The van der Waals surface area contributed by atoms with Crippen LogP contribution in [0.15, 0.2) is 46.4 Å². The third kappa shape index (κ3) is 3.64. The molecule has 0 atom stereocenters. The van der Waals surface area contributed by atoms with Crippen molar-refractivity contribution in [3.8, 4) is 43.8 Å². The van der Waals surface area contributed by atoms with E-state index < -0.39 is 0 Å². The summed E-state index contributed by atoms with van der Waals surface area (Å²) in [5.41, 5.74) is 4.34. The first kappa shape index (κ1) is 23.8. The van der Waals surface area contributed by atoms with Gasteiger partial charge in [-0.15, -0.1) is 45.3 Å². The van der Waals surface area contributed by atoms with Crippen molar-refractivity contribution in [1.29, 1.82) is 21.0 Å². The maximum Gasteiger partial charge on any atom is 0.219 e. The molecule has 38 heavy (non-hydrogen) atoms. The van der Waals surface area contributed by atoms with Crippen LogP contribution in [0, 0.1) is 45.3 Å². The highest BCUT2D eigenvalue weighted by molar-refractivity contribution is 7.29. The highest BCUT2D eigenvalue weighted by Crippen LogP contribution is 2.48. The number of hydrogen-bond acceptors (Lipinski definition) is 10. The summed E-state index contributed by atoms with van der Waals surface area (Å²) in [6.45, 7) is 0. The molecular formula is C26H12N8S4. The van der Waals surface area contributed by atoms with E-state index in [1.54, 1.807) is 47.0 Å². The molecule has 8 nitrogen and oxygen atoms in total.